The standard InChI is InChI=1S/C29H20BrN3O6/c30-22-11-8-18(9-12-22)27(34)32-23-6-3-5-19(14-23)28(35)33-31-16-21-4-1-2-7-24(21)39-29(36)20-10-13-25-26(15-20)38-17-37-25/h1-16H,17H2,(H,32,34)(H,33,35). The molecule has 0 aliphatic carbocycles. The lowest BCUT2D eigenvalue weighted by Crippen LogP contribution is -2.18. The van der Waals surface area contributed by atoms with Crippen molar-refractivity contribution < 1.29 is 28.6 Å². The monoisotopic (exact) mass is 585 g/mol. The fourth-order valence-electron chi connectivity index (χ4n) is 3.63. The third-order valence-corrected chi connectivity index (χ3v) is 6.12. The van der Waals surface area contributed by atoms with Crippen LogP contribution in [0.4, 0.5) is 5.69 Å². The average molecular weight is 586 g/mol. The summed E-state index contributed by atoms with van der Waals surface area (Å²) in [6, 6.07) is 24.9. The number of halogens is 1. The number of hydrogen-bond donors (Lipinski definition) is 2. The molecule has 2 amide bonds. The van der Waals surface area contributed by atoms with E-state index in [1.165, 1.54) is 6.21 Å². The molecule has 0 spiro atoms. The Labute approximate surface area is 231 Å². The first kappa shape index (κ1) is 25.7. The van der Waals surface area contributed by atoms with E-state index in [9.17, 15) is 14.4 Å². The Kier molecular flexibility index (Phi) is 7.65. The van der Waals surface area contributed by atoms with Crippen molar-refractivity contribution in [2.45, 2.75) is 0 Å². The van der Waals surface area contributed by atoms with Gasteiger partial charge in [0.15, 0.2) is 11.5 Å². The lowest BCUT2D eigenvalue weighted by molar-refractivity contribution is 0.0733. The van der Waals surface area contributed by atoms with Crippen LogP contribution in [0.2, 0.25) is 0 Å². The van der Waals surface area contributed by atoms with E-state index in [1.54, 1.807) is 91.0 Å². The molecule has 2 N–H and O–H groups in total. The summed E-state index contributed by atoms with van der Waals surface area (Å²) in [6.07, 6.45) is 1.37. The Morgan fingerprint density at radius 1 is 0.795 bits per heavy atom. The Morgan fingerprint density at radius 2 is 1.56 bits per heavy atom. The molecule has 0 aromatic heterocycles. The van der Waals surface area contributed by atoms with Gasteiger partial charge in [-0.15, -0.1) is 0 Å². The largest absolute Gasteiger partial charge is 0.454 e. The number of para-hydroxylation sites is 1. The predicted molar refractivity (Wildman–Crippen MR) is 148 cm³/mol. The van der Waals surface area contributed by atoms with E-state index in [1.807, 2.05) is 0 Å². The molecule has 0 bridgehead atoms. The maximum Gasteiger partial charge on any atom is 0.343 e. The van der Waals surface area contributed by atoms with Gasteiger partial charge in [-0.25, -0.2) is 10.2 Å². The Hall–Kier alpha value is -4.96. The Morgan fingerprint density at radius 3 is 2.41 bits per heavy atom. The summed E-state index contributed by atoms with van der Waals surface area (Å²) in [4.78, 5) is 37.8. The molecule has 0 saturated carbocycles. The predicted octanol–water partition coefficient (Wildman–Crippen LogP) is 5.41. The first-order valence-electron chi connectivity index (χ1n) is 11.7. The van der Waals surface area contributed by atoms with Gasteiger partial charge in [-0.3, -0.25) is 9.59 Å². The number of nitrogens with zero attached hydrogens (tertiary/aromatic N) is 1. The van der Waals surface area contributed by atoms with Crippen LogP contribution in [-0.2, 0) is 0 Å². The van der Waals surface area contributed by atoms with Crippen molar-refractivity contribution in [3.63, 3.8) is 0 Å². The van der Waals surface area contributed by atoms with E-state index in [0.717, 1.165) is 4.47 Å². The van der Waals surface area contributed by atoms with Gasteiger partial charge in [0.1, 0.15) is 5.75 Å². The highest BCUT2D eigenvalue weighted by Crippen LogP contribution is 2.33. The third kappa shape index (κ3) is 6.31. The van der Waals surface area contributed by atoms with Gasteiger partial charge < -0.3 is 19.5 Å². The van der Waals surface area contributed by atoms with E-state index in [4.69, 9.17) is 14.2 Å². The number of nitrogens with one attached hydrogen (secondary N) is 2. The minimum absolute atomic E-state index is 0.101. The number of hydrogen-bond acceptors (Lipinski definition) is 7. The number of fused-ring (bicyclic) bond motifs is 1. The summed E-state index contributed by atoms with van der Waals surface area (Å²) in [5.41, 5.74) is 4.46. The highest BCUT2D eigenvalue weighted by Gasteiger charge is 2.18. The van der Waals surface area contributed by atoms with Crippen LogP contribution in [0.15, 0.2) is 101 Å². The van der Waals surface area contributed by atoms with Crippen LogP contribution in [0.3, 0.4) is 0 Å². The van der Waals surface area contributed by atoms with Crippen LogP contribution >= 0.6 is 15.9 Å². The van der Waals surface area contributed by atoms with Gasteiger partial charge >= 0.3 is 5.97 Å². The molecule has 39 heavy (non-hydrogen) atoms. The summed E-state index contributed by atoms with van der Waals surface area (Å²) >= 11 is 3.34. The van der Waals surface area contributed by atoms with Crippen molar-refractivity contribution >= 4 is 45.6 Å². The van der Waals surface area contributed by atoms with Gasteiger partial charge in [0.25, 0.3) is 11.8 Å². The number of hydrazone groups is 1. The van der Waals surface area contributed by atoms with E-state index >= 15 is 0 Å². The zero-order valence-electron chi connectivity index (χ0n) is 20.2. The first-order valence-corrected chi connectivity index (χ1v) is 12.5. The number of ether oxygens (including phenoxy) is 3. The maximum atomic E-state index is 12.7. The molecule has 1 heterocycles. The number of carbonyl (C=O) groups excluding carboxylic acids is 3. The summed E-state index contributed by atoms with van der Waals surface area (Å²) in [5, 5.41) is 6.78. The summed E-state index contributed by atoms with van der Waals surface area (Å²) in [7, 11) is 0. The van der Waals surface area contributed by atoms with E-state index in [-0.39, 0.29) is 18.4 Å². The van der Waals surface area contributed by atoms with Crippen molar-refractivity contribution in [1.29, 1.82) is 0 Å². The van der Waals surface area contributed by atoms with Crippen LogP contribution < -0.4 is 25.0 Å². The lowest BCUT2D eigenvalue weighted by atomic mass is 10.1. The van der Waals surface area contributed by atoms with Crippen LogP contribution in [0.25, 0.3) is 0 Å². The molecule has 9 nitrogen and oxygen atoms in total. The molecule has 10 heteroatoms. The highest BCUT2D eigenvalue weighted by molar-refractivity contribution is 9.10. The minimum Gasteiger partial charge on any atom is -0.454 e. The van der Waals surface area contributed by atoms with Gasteiger partial charge in [0.05, 0.1) is 11.8 Å². The van der Waals surface area contributed by atoms with E-state index < -0.39 is 11.9 Å². The molecule has 1 aliphatic heterocycles. The Bertz CT molecular complexity index is 1590. The summed E-state index contributed by atoms with van der Waals surface area (Å²) < 4.78 is 17.0. The number of benzene rings is 4. The second-order valence-corrected chi connectivity index (χ2v) is 9.15. The zero-order valence-corrected chi connectivity index (χ0v) is 21.8. The van der Waals surface area contributed by atoms with Crippen LogP contribution in [0.5, 0.6) is 17.2 Å². The van der Waals surface area contributed by atoms with Crippen LogP contribution in [0.1, 0.15) is 36.6 Å². The van der Waals surface area contributed by atoms with Gasteiger partial charge in [-0.2, -0.15) is 5.10 Å². The average Bonchev–Trinajstić information content (AvgIpc) is 3.42. The van der Waals surface area contributed by atoms with Crippen molar-refractivity contribution in [1.82, 2.24) is 5.43 Å². The minimum atomic E-state index is -0.583. The fraction of sp³-hybridized carbons (Fsp3) is 0.0345. The molecule has 4 aromatic carbocycles. The molecule has 0 atom stereocenters. The number of esters is 1. The molecular weight excluding hydrogens is 566 g/mol. The lowest BCUT2D eigenvalue weighted by Gasteiger charge is -2.08. The number of anilines is 1. The van der Waals surface area contributed by atoms with Crippen LogP contribution in [0, 0.1) is 0 Å². The van der Waals surface area contributed by atoms with Gasteiger partial charge in [0, 0.05) is 26.9 Å². The SMILES string of the molecule is O=C(NN=Cc1ccccc1OC(=O)c1ccc2c(c1)OCO2)c1cccc(NC(=O)c2ccc(Br)cc2)c1. The van der Waals surface area contributed by atoms with Crippen molar-refractivity contribution in [3.8, 4) is 17.2 Å². The van der Waals surface area contributed by atoms with Gasteiger partial charge in [0.2, 0.25) is 6.79 Å². The zero-order chi connectivity index (χ0) is 27.2. The number of carbonyl (C=O) groups is 3. The van der Waals surface area contributed by atoms with Crippen LogP contribution in [-0.4, -0.2) is 30.8 Å². The quantitative estimate of drug-likeness (QED) is 0.130. The second-order valence-electron chi connectivity index (χ2n) is 8.24. The summed E-state index contributed by atoms with van der Waals surface area (Å²) in [5.74, 6) is -0.0758. The van der Waals surface area contributed by atoms with Crippen molar-refractivity contribution in [2.24, 2.45) is 5.10 Å². The summed E-state index contributed by atoms with van der Waals surface area (Å²) in [6.45, 7) is 0.101. The first-order chi connectivity index (χ1) is 19.0. The van der Waals surface area contributed by atoms with E-state index in [2.05, 4.69) is 31.8 Å². The molecule has 1 aliphatic rings. The number of rotatable bonds is 7. The molecular formula is C29H20BrN3O6. The second kappa shape index (κ2) is 11.6. The molecule has 4 aromatic rings. The third-order valence-electron chi connectivity index (χ3n) is 5.59. The van der Waals surface area contributed by atoms with Crippen molar-refractivity contribution in [2.75, 3.05) is 12.1 Å². The molecule has 0 radical (unpaired) electrons. The maximum absolute atomic E-state index is 12.7. The number of amides is 2. The topological polar surface area (TPSA) is 115 Å². The van der Waals surface area contributed by atoms with Gasteiger partial charge in [-0.1, -0.05) is 34.1 Å². The van der Waals surface area contributed by atoms with E-state index in [0.29, 0.717) is 39.4 Å². The Balaban J connectivity index is 1.22. The molecule has 0 fully saturated rings. The smallest absolute Gasteiger partial charge is 0.343 e. The molecule has 194 valence electrons. The van der Waals surface area contributed by atoms with Gasteiger partial charge in [-0.05, 0) is 72.8 Å². The molecule has 5 rings (SSSR count). The highest BCUT2D eigenvalue weighted by atomic mass is 79.9. The molecule has 0 unspecified atom stereocenters. The van der Waals surface area contributed by atoms with Crippen molar-refractivity contribution in [3.05, 3.63) is 118 Å². The normalized spacial score (nSPS) is 11.7. The fourth-order valence-corrected chi connectivity index (χ4v) is 3.89. The molecule has 0 saturated heterocycles.